The second-order valence-electron chi connectivity index (χ2n) is 5.76. The Morgan fingerprint density at radius 3 is 2.42 bits per heavy atom. The largest absolute Gasteiger partial charge is 0.478 e. The molecule has 0 aliphatic heterocycles. The molecule has 3 nitrogen and oxygen atoms in total. The summed E-state index contributed by atoms with van der Waals surface area (Å²) in [6.07, 6.45) is 5.40. The molecule has 0 amide bonds. The molecule has 0 spiro atoms. The summed E-state index contributed by atoms with van der Waals surface area (Å²) in [6, 6.07) is 7.11. The maximum Gasteiger partial charge on any atom is 0.335 e. The van der Waals surface area contributed by atoms with Crippen LogP contribution in [0.15, 0.2) is 24.3 Å². The van der Waals surface area contributed by atoms with Gasteiger partial charge in [0.15, 0.2) is 0 Å². The van der Waals surface area contributed by atoms with E-state index >= 15 is 0 Å². The molecule has 0 saturated heterocycles. The van der Waals surface area contributed by atoms with Crippen LogP contribution in [0, 0.1) is 11.8 Å². The number of hydrogen-bond acceptors (Lipinski definition) is 2. The first-order valence-electron chi connectivity index (χ1n) is 7.18. The van der Waals surface area contributed by atoms with E-state index in [-0.39, 0.29) is 0 Å². The molecule has 0 aromatic heterocycles. The summed E-state index contributed by atoms with van der Waals surface area (Å²) in [4.78, 5) is 10.7. The van der Waals surface area contributed by atoms with Gasteiger partial charge < -0.3 is 10.4 Å². The summed E-state index contributed by atoms with van der Waals surface area (Å²) in [5.41, 5.74) is 1.50. The summed E-state index contributed by atoms with van der Waals surface area (Å²) in [5, 5.41) is 12.3. The lowest BCUT2D eigenvalue weighted by atomic mass is 9.83. The highest BCUT2D eigenvalue weighted by Crippen LogP contribution is 2.27. The first kappa shape index (κ1) is 14.1. The normalized spacial score (nSPS) is 23.2. The number of aromatic carboxylic acids is 1. The van der Waals surface area contributed by atoms with E-state index in [0.717, 1.165) is 30.5 Å². The van der Waals surface area contributed by atoms with E-state index in [1.54, 1.807) is 12.1 Å². The third-order valence-corrected chi connectivity index (χ3v) is 4.10. The van der Waals surface area contributed by atoms with Gasteiger partial charge in [-0.05, 0) is 48.9 Å². The highest BCUT2D eigenvalue weighted by Gasteiger charge is 2.17. The smallest absolute Gasteiger partial charge is 0.335 e. The predicted octanol–water partition coefficient (Wildman–Crippen LogP) is 3.30. The Hall–Kier alpha value is -1.35. The molecular formula is C16H23NO2. The molecule has 1 aromatic carbocycles. The maximum atomic E-state index is 10.7. The third kappa shape index (κ3) is 4.35. The van der Waals surface area contributed by atoms with Gasteiger partial charge in [-0.25, -0.2) is 4.79 Å². The molecule has 2 N–H and O–H groups in total. The Balaban J connectivity index is 1.72. The van der Waals surface area contributed by atoms with Crippen LogP contribution in [0.2, 0.25) is 0 Å². The molecule has 0 bridgehead atoms. The summed E-state index contributed by atoms with van der Waals surface area (Å²) < 4.78 is 0. The number of carboxylic acid groups (broad SMARTS) is 1. The van der Waals surface area contributed by atoms with Crippen LogP contribution in [0.25, 0.3) is 0 Å². The van der Waals surface area contributed by atoms with Crippen molar-refractivity contribution in [2.75, 3.05) is 6.54 Å². The highest BCUT2D eigenvalue weighted by atomic mass is 16.4. The lowest BCUT2D eigenvalue weighted by Gasteiger charge is -2.26. The van der Waals surface area contributed by atoms with Gasteiger partial charge >= 0.3 is 5.97 Å². The van der Waals surface area contributed by atoms with E-state index in [1.807, 2.05) is 12.1 Å². The molecule has 1 saturated carbocycles. The minimum Gasteiger partial charge on any atom is -0.478 e. The fourth-order valence-electron chi connectivity index (χ4n) is 2.72. The maximum absolute atomic E-state index is 10.7. The van der Waals surface area contributed by atoms with Crippen LogP contribution in [0.5, 0.6) is 0 Å². The van der Waals surface area contributed by atoms with Crippen molar-refractivity contribution in [2.24, 2.45) is 11.8 Å². The summed E-state index contributed by atoms with van der Waals surface area (Å²) in [7, 11) is 0. The van der Waals surface area contributed by atoms with E-state index in [2.05, 4.69) is 12.2 Å². The number of nitrogens with one attached hydrogen (secondary N) is 1. The number of carbonyl (C=O) groups is 1. The van der Waals surface area contributed by atoms with Crippen LogP contribution in [-0.2, 0) is 6.54 Å². The zero-order chi connectivity index (χ0) is 13.7. The van der Waals surface area contributed by atoms with E-state index in [4.69, 9.17) is 5.11 Å². The monoisotopic (exact) mass is 261 g/mol. The van der Waals surface area contributed by atoms with E-state index < -0.39 is 5.97 Å². The van der Waals surface area contributed by atoms with Crippen molar-refractivity contribution in [3.05, 3.63) is 35.4 Å². The van der Waals surface area contributed by atoms with Gasteiger partial charge in [0.05, 0.1) is 5.56 Å². The fraction of sp³-hybridized carbons (Fsp3) is 0.562. The van der Waals surface area contributed by atoms with E-state index in [0.29, 0.717) is 5.56 Å². The van der Waals surface area contributed by atoms with Crippen molar-refractivity contribution in [1.29, 1.82) is 0 Å². The van der Waals surface area contributed by atoms with Crippen LogP contribution >= 0.6 is 0 Å². The molecule has 3 heteroatoms. The summed E-state index contributed by atoms with van der Waals surface area (Å²) >= 11 is 0. The van der Waals surface area contributed by atoms with Crippen molar-refractivity contribution < 1.29 is 9.90 Å². The predicted molar refractivity (Wildman–Crippen MR) is 76.2 cm³/mol. The van der Waals surface area contributed by atoms with Gasteiger partial charge in [-0.3, -0.25) is 0 Å². The Kier molecular flexibility index (Phi) is 4.97. The van der Waals surface area contributed by atoms with Gasteiger partial charge in [0.1, 0.15) is 0 Å². The first-order valence-corrected chi connectivity index (χ1v) is 7.18. The molecule has 1 aliphatic carbocycles. The molecule has 0 heterocycles. The lowest BCUT2D eigenvalue weighted by Crippen LogP contribution is -2.25. The first-order chi connectivity index (χ1) is 9.15. The number of carboxylic acids is 1. The van der Waals surface area contributed by atoms with Gasteiger partial charge in [-0.2, -0.15) is 0 Å². The highest BCUT2D eigenvalue weighted by molar-refractivity contribution is 5.87. The van der Waals surface area contributed by atoms with Crippen LogP contribution in [0.4, 0.5) is 0 Å². The minimum absolute atomic E-state index is 0.352. The second-order valence-corrected chi connectivity index (χ2v) is 5.76. The van der Waals surface area contributed by atoms with E-state index in [9.17, 15) is 4.79 Å². The van der Waals surface area contributed by atoms with E-state index in [1.165, 1.54) is 25.7 Å². The molecule has 19 heavy (non-hydrogen) atoms. The molecule has 2 rings (SSSR count). The van der Waals surface area contributed by atoms with Gasteiger partial charge in [0.2, 0.25) is 0 Å². The SMILES string of the molecule is CC1CCC(CNCc2ccc(C(=O)O)cc2)CC1. The van der Waals surface area contributed by atoms with Crippen LogP contribution in [-0.4, -0.2) is 17.6 Å². The summed E-state index contributed by atoms with van der Waals surface area (Å²) in [6.45, 7) is 4.24. The van der Waals surface area contributed by atoms with Crippen LogP contribution in [0.3, 0.4) is 0 Å². The zero-order valence-electron chi connectivity index (χ0n) is 11.6. The third-order valence-electron chi connectivity index (χ3n) is 4.10. The number of hydrogen-bond donors (Lipinski definition) is 2. The van der Waals surface area contributed by atoms with Gasteiger partial charge in [0, 0.05) is 6.54 Å². The van der Waals surface area contributed by atoms with Gasteiger partial charge in [-0.1, -0.05) is 31.9 Å². The minimum atomic E-state index is -0.865. The number of benzene rings is 1. The molecular weight excluding hydrogens is 238 g/mol. The molecule has 104 valence electrons. The molecule has 0 radical (unpaired) electrons. The van der Waals surface area contributed by atoms with Gasteiger partial charge in [0.25, 0.3) is 0 Å². The fourth-order valence-corrected chi connectivity index (χ4v) is 2.72. The topological polar surface area (TPSA) is 49.3 Å². The molecule has 1 aliphatic rings. The molecule has 0 atom stereocenters. The molecule has 1 aromatic rings. The average molecular weight is 261 g/mol. The Morgan fingerprint density at radius 2 is 1.84 bits per heavy atom. The Bertz CT molecular complexity index is 405. The van der Waals surface area contributed by atoms with Crippen molar-refractivity contribution in [3.8, 4) is 0 Å². The Labute approximate surface area is 115 Å². The summed E-state index contributed by atoms with van der Waals surface area (Å²) in [5.74, 6) is 0.852. The van der Waals surface area contributed by atoms with Crippen molar-refractivity contribution in [1.82, 2.24) is 5.32 Å². The lowest BCUT2D eigenvalue weighted by molar-refractivity contribution is 0.0697. The Morgan fingerprint density at radius 1 is 1.21 bits per heavy atom. The van der Waals surface area contributed by atoms with Crippen LogP contribution < -0.4 is 5.32 Å². The zero-order valence-corrected chi connectivity index (χ0v) is 11.6. The second kappa shape index (κ2) is 6.71. The standard InChI is InChI=1S/C16H23NO2/c1-12-2-4-13(5-3-12)10-17-11-14-6-8-15(9-7-14)16(18)19/h6-9,12-13,17H,2-5,10-11H2,1H3,(H,18,19). The quantitative estimate of drug-likeness (QED) is 0.855. The number of rotatable bonds is 5. The average Bonchev–Trinajstić information content (AvgIpc) is 2.41. The van der Waals surface area contributed by atoms with Crippen molar-refractivity contribution in [3.63, 3.8) is 0 Å². The van der Waals surface area contributed by atoms with Crippen LogP contribution in [0.1, 0.15) is 48.5 Å². The van der Waals surface area contributed by atoms with Crippen molar-refractivity contribution >= 4 is 5.97 Å². The molecule has 0 unspecified atom stereocenters. The molecule has 1 fully saturated rings. The van der Waals surface area contributed by atoms with Gasteiger partial charge in [-0.15, -0.1) is 0 Å². The van der Waals surface area contributed by atoms with Crippen molar-refractivity contribution in [2.45, 2.75) is 39.2 Å².